The van der Waals surface area contributed by atoms with Crippen LogP contribution in [0, 0.1) is 17.8 Å². The number of hydrogen-bond acceptors (Lipinski definition) is 6. The maximum atomic E-state index is 14.4. The summed E-state index contributed by atoms with van der Waals surface area (Å²) < 4.78 is 17.4. The van der Waals surface area contributed by atoms with Crippen molar-refractivity contribution in [3.05, 3.63) is 65.7 Å². The van der Waals surface area contributed by atoms with Crippen molar-refractivity contribution in [2.24, 2.45) is 17.8 Å². The number of nitrogens with one attached hydrogen (secondary N) is 2. The second-order valence-electron chi connectivity index (χ2n) is 13.3. The summed E-state index contributed by atoms with van der Waals surface area (Å²) in [6.45, 7) is 6.70. The maximum Gasteiger partial charge on any atom is 0.246 e. The molecule has 2 N–H and O–H groups in total. The third-order valence-electron chi connectivity index (χ3n) is 10.3. The van der Waals surface area contributed by atoms with E-state index in [-0.39, 0.29) is 30.3 Å². The topological polar surface area (TPSA) is 106 Å². The number of methoxy groups -OCH3 is 2. The van der Waals surface area contributed by atoms with Gasteiger partial charge in [-0.2, -0.15) is 0 Å². The molecule has 4 aliphatic rings. The van der Waals surface area contributed by atoms with Gasteiger partial charge in [0, 0.05) is 18.3 Å². The lowest BCUT2D eigenvalue weighted by Crippen LogP contribution is -2.57. The Hall–Kier alpha value is -3.85. The lowest BCUT2D eigenvalue weighted by atomic mass is 9.74. The standard InChI is InChI=1S/C36H45N3O6/c1-21(2)24-11-13-25(14-12-24)37-33(40)30-28-16-18-36(45-28)31(30)35(42)39(19-17-23-10-15-27(43-4)29(20-23)44-5)32(36)34(41)38-26-9-7-6-8-22(26)3/h10-16,18,20-22,26,28,30-32H,6-9,17,19H2,1-5H3,(H,37,40)(H,38,41). The number of carbonyl (C=O) groups is 3. The molecule has 1 aliphatic carbocycles. The van der Waals surface area contributed by atoms with Crippen molar-refractivity contribution in [1.29, 1.82) is 0 Å². The molecule has 2 saturated heterocycles. The van der Waals surface area contributed by atoms with E-state index in [4.69, 9.17) is 14.2 Å². The lowest BCUT2D eigenvalue weighted by molar-refractivity contribution is -0.141. The molecule has 45 heavy (non-hydrogen) atoms. The van der Waals surface area contributed by atoms with Gasteiger partial charge in [-0.25, -0.2) is 0 Å². The Kier molecular flexibility index (Phi) is 8.66. The molecule has 7 unspecified atom stereocenters. The monoisotopic (exact) mass is 615 g/mol. The van der Waals surface area contributed by atoms with Gasteiger partial charge in [0.25, 0.3) is 0 Å². The summed E-state index contributed by atoms with van der Waals surface area (Å²) in [4.78, 5) is 44.1. The molecule has 7 atom stereocenters. The predicted octanol–water partition coefficient (Wildman–Crippen LogP) is 4.85. The number of hydrogen-bond donors (Lipinski definition) is 2. The van der Waals surface area contributed by atoms with Crippen LogP contribution in [-0.2, 0) is 25.5 Å². The Bertz CT molecular complexity index is 1470. The first-order valence-corrected chi connectivity index (χ1v) is 16.3. The van der Waals surface area contributed by atoms with Crippen LogP contribution >= 0.6 is 0 Å². The third kappa shape index (κ3) is 5.60. The van der Waals surface area contributed by atoms with Crippen LogP contribution in [0.25, 0.3) is 0 Å². The number of ether oxygens (including phenoxy) is 3. The summed E-state index contributed by atoms with van der Waals surface area (Å²) >= 11 is 0. The van der Waals surface area contributed by atoms with Gasteiger partial charge in [-0.15, -0.1) is 0 Å². The average Bonchev–Trinajstić information content (AvgIpc) is 3.68. The van der Waals surface area contributed by atoms with Crippen LogP contribution in [0.1, 0.15) is 63.5 Å². The van der Waals surface area contributed by atoms with Gasteiger partial charge >= 0.3 is 0 Å². The fourth-order valence-corrected chi connectivity index (χ4v) is 7.76. The number of fused-ring (bicyclic) bond motifs is 1. The van der Waals surface area contributed by atoms with Gasteiger partial charge in [0.05, 0.1) is 32.2 Å². The van der Waals surface area contributed by atoms with E-state index in [0.29, 0.717) is 35.4 Å². The lowest BCUT2D eigenvalue weighted by Gasteiger charge is -2.36. The molecular weight excluding hydrogens is 570 g/mol. The molecule has 0 radical (unpaired) electrons. The van der Waals surface area contributed by atoms with Crippen LogP contribution in [0.2, 0.25) is 0 Å². The van der Waals surface area contributed by atoms with Gasteiger partial charge < -0.3 is 29.7 Å². The van der Waals surface area contributed by atoms with Crippen molar-refractivity contribution in [2.75, 3.05) is 26.1 Å². The van der Waals surface area contributed by atoms with E-state index in [1.165, 1.54) is 5.56 Å². The van der Waals surface area contributed by atoms with Crippen LogP contribution in [0.3, 0.4) is 0 Å². The predicted molar refractivity (Wildman–Crippen MR) is 171 cm³/mol. The summed E-state index contributed by atoms with van der Waals surface area (Å²) in [5, 5.41) is 6.32. The first-order chi connectivity index (χ1) is 21.7. The van der Waals surface area contributed by atoms with Gasteiger partial charge in [0.2, 0.25) is 17.7 Å². The first kappa shape index (κ1) is 31.1. The average molecular weight is 616 g/mol. The van der Waals surface area contributed by atoms with E-state index in [2.05, 4.69) is 31.4 Å². The molecule has 0 aromatic heterocycles. The number of likely N-dealkylation sites (tertiary alicyclic amines) is 1. The number of carbonyl (C=O) groups excluding carboxylic acids is 3. The molecule has 1 spiro atoms. The highest BCUT2D eigenvalue weighted by Gasteiger charge is 2.72. The minimum absolute atomic E-state index is 0.0417. The van der Waals surface area contributed by atoms with Crippen molar-refractivity contribution in [3.63, 3.8) is 0 Å². The van der Waals surface area contributed by atoms with Crippen LogP contribution in [-0.4, -0.2) is 67.2 Å². The number of benzene rings is 2. The number of rotatable bonds is 10. The fraction of sp³-hybridized carbons (Fsp3) is 0.528. The highest BCUT2D eigenvalue weighted by atomic mass is 16.5. The van der Waals surface area contributed by atoms with Crippen molar-refractivity contribution < 1.29 is 28.6 Å². The molecule has 6 rings (SSSR count). The van der Waals surface area contributed by atoms with Crippen molar-refractivity contribution in [3.8, 4) is 11.5 Å². The molecule has 9 nitrogen and oxygen atoms in total. The number of amides is 3. The quantitative estimate of drug-likeness (QED) is 0.370. The Morgan fingerprint density at radius 1 is 1.02 bits per heavy atom. The van der Waals surface area contributed by atoms with E-state index in [1.807, 2.05) is 54.6 Å². The summed E-state index contributed by atoms with van der Waals surface area (Å²) in [5.41, 5.74) is 1.58. The Labute approximate surface area is 265 Å². The molecule has 1 saturated carbocycles. The van der Waals surface area contributed by atoms with E-state index in [0.717, 1.165) is 31.2 Å². The first-order valence-electron chi connectivity index (χ1n) is 16.3. The van der Waals surface area contributed by atoms with E-state index in [9.17, 15) is 14.4 Å². The van der Waals surface area contributed by atoms with Gasteiger partial charge in [-0.05, 0) is 66.5 Å². The van der Waals surface area contributed by atoms with Crippen LogP contribution in [0.4, 0.5) is 5.69 Å². The summed E-state index contributed by atoms with van der Waals surface area (Å²) in [5.74, 6) is -0.319. The summed E-state index contributed by atoms with van der Waals surface area (Å²) in [6.07, 6.45) is 7.83. The van der Waals surface area contributed by atoms with E-state index >= 15 is 0 Å². The van der Waals surface area contributed by atoms with E-state index in [1.54, 1.807) is 19.1 Å². The third-order valence-corrected chi connectivity index (χ3v) is 10.3. The second-order valence-corrected chi connectivity index (χ2v) is 13.3. The zero-order valence-corrected chi connectivity index (χ0v) is 26.9. The van der Waals surface area contributed by atoms with Crippen LogP contribution in [0.15, 0.2) is 54.6 Å². The zero-order valence-electron chi connectivity index (χ0n) is 26.9. The van der Waals surface area contributed by atoms with Gasteiger partial charge in [0.15, 0.2) is 11.5 Å². The van der Waals surface area contributed by atoms with Gasteiger partial charge in [-0.3, -0.25) is 14.4 Å². The maximum absolute atomic E-state index is 14.4. The second kappa shape index (κ2) is 12.5. The van der Waals surface area contributed by atoms with Gasteiger partial charge in [0.1, 0.15) is 11.6 Å². The zero-order chi connectivity index (χ0) is 31.9. The van der Waals surface area contributed by atoms with Crippen molar-refractivity contribution in [1.82, 2.24) is 10.2 Å². The molecular formula is C36H45N3O6. The van der Waals surface area contributed by atoms with Crippen LogP contribution < -0.4 is 20.1 Å². The van der Waals surface area contributed by atoms with Crippen molar-refractivity contribution >= 4 is 23.4 Å². The smallest absolute Gasteiger partial charge is 0.246 e. The molecule has 2 bridgehead atoms. The Morgan fingerprint density at radius 2 is 1.76 bits per heavy atom. The molecule has 3 aliphatic heterocycles. The number of nitrogens with zero attached hydrogens (tertiary/aromatic N) is 1. The summed E-state index contributed by atoms with van der Waals surface area (Å²) in [7, 11) is 3.17. The fourth-order valence-electron chi connectivity index (χ4n) is 7.76. The molecule has 3 heterocycles. The van der Waals surface area contributed by atoms with Crippen molar-refractivity contribution in [2.45, 2.75) is 82.6 Å². The normalized spacial score (nSPS) is 30.0. The summed E-state index contributed by atoms with van der Waals surface area (Å²) in [6, 6.07) is 12.6. The Morgan fingerprint density at radius 3 is 2.44 bits per heavy atom. The van der Waals surface area contributed by atoms with Crippen LogP contribution in [0.5, 0.6) is 11.5 Å². The van der Waals surface area contributed by atoms with Gasteiger partial charge in [-0.1, -0.05) is 64.0 Å². The Balaban J connectivity index is 1.28. The largest absolute Gasteiger partial charge is 0.493 e. The SMILES string of the molecule is COc1ccc(CCN2C(=O)C3C(C(=O)Nc4ccc(C(C)C)cc4)C4C=CC3(O4)C2C(=O)NC2CCCCC2C)cc1OC. The number of anilines is 1. The molecule has 3 amide bonds. The minimum Gasteiger partial charge on any atom is -0.493 e. The molecule has 240 valence electrons. The highest BCUT2D eigenvalue weighted by molar-refractivity contribution is 6.02. The molecule has 2 aromatic carbocycles. The minimum atomic E-state index is -1.20. The van der Waals surface area contributed by atoms with E-state index < -0.39 is 29.6 Å². The molecule has 9 heteroatoms. The molecule has 2 aromatic rings. The molecule has 3 fully saturated rings. The highest BCUT2D eigenvalue weighted by Crippen LogP contribution is 2.55.